The zero-order chi connectivity index (χ0) is 19.0. The topological polar surface area (TPSA) is 83.8 Å². The fourth-order valence-corrected chi connectivity index (χ4v) is 6.44. The van der Waals surface area contributed by atoms with E-state index in [1.807, 2.05) is 5.38 Å². The van der Waals surface area contributed by atoms with E-state index in [2.05, 4.69) is 16.3 Å². The third-order valence-electron chi connectivity index (χ3n) is 5.33. The summed E-state index contributed by atoms with van der Waals surface area (Å²) in [6, 6.07) is 6.40. The Hall–Kier alpha value is -1.97. The highest BCUT2D eigenvalue weighted by atomic mass is 32.2. The summed E-state index contributed by atoms with van der Waals surface area (Å²) < 4.78 is 28.0. The molecule has 2 aliphatic heterocycles. The molecule has 0 aliphatic carbocycles. The van der Waals surface area contributed by atoms with Gasteiger partial charge in [-0.3, -0.25) is 10.1 Å². The molecule has 9 heteroatoms. The minimum Gasteiger partial charge on any atom is -0.363 e. The quantitative estimate of drug-likeness (QED) is 0.556. The van der Waals surface area contributed by atoms with Gasteiger partial charge in [-0.1, -0.05) is 0 Å². The second-order valence-corrected chi connectivity index (χ2v) is 9.61. The van der Waals surface area contributed by atoms with Crippen molar-refractivity contribution in [3.63, 3.8) is 0 Å². The maximum absolute atomic E-state index is 13.3. The maximum Gasteiger partial charge on any atom is 0.270 e. The lowest BCUT2D eigenvalue weighted by molar-refractivity contribution is -0.385. The van der Waals surface area contributed by atoms with Crippen LogP contribution >= 0.6 is 11.3 Å². The smallest absolute Gasteiger partial charge is 0.270 e. The molecule has 4 rings (SSSR count). The van der Waals surface area contributed by atoms with Crippen molar-refractivity contribution in [2.75, 3.05) is 24.5 Å². The van der Waals surface area contributed by atoms with Crippen LogP contribution in [0.5, 0.6) is 0 Å². The summed E-state index contributed by atoms with van der Waals surface area (Å²) >= 11 is 1.62. The number of nitro groups is 1. The molecule has 2 aliphatic rings. The van der Waals surface area contributed by atoms with Gasteiger partial charge in [0, 0.05) is 31.8 Å². The van der Waals surface area contributed by atoms with Crippen molar-refractivity contribution < 1.29 is 13.3 Å². The Morgan fingerprint density at radius 3 is 2.56 bits per heavy atom. The van der Waals surface area contributed by atoms with E-state index in [1.54, 1.807) is 17.4 Å². The minimum atomic E-state index is -3.77. The van der Waals surface area contributed by atoms with Crippen molar-refractivity contribution in [2.45, 2.75) is 36.6 Å². The second-order valence-electron chi connectivity index (χ2n) is 6.93. The largest absolute Gasteiger partial charge is 0.363 e. The predicted octanol–water partition coefficient (Wildman–Crippen LogP) is 3.78. The number of sulfonamides is 1. The molecule has 0 spiro atoms. The van der Waals surface area contributed by atoms with Gasteiger partial charge in [-0.25, -0.2) is 8.42 Å². The zero-order valence-electron chi connectivity index (χ0n) is 14.8. The van der Waals surface area contributed by atoms with Crippen LogP contribution in [0, 0.1) is 10.1 Å². The number of rotatable bonds is 5. The van der Waals surface area contributed by atoms with E-state index in [0.717, 1.165) is 32.2 Å². The summed E-state index contributed by atoms with van der Waals surface area (Å²) in [5, 5.41) is 15.4. The third-order valence-corrected chi connectivity index (χ3v) is 7.96. The summed E-state index contributed by atoms with van der Waals surface area (Å²) in [6.45, 7) is 1.68. The maximum atomic E-state index is 13.3. The molecule has 144 valence electrons. The molecule has 3 heterocycles. The molecule has 2 aromatic rings. The molecule has 27 heavy (non-hydrogen) atoms. The number of thiophene rings is 1. The number of non-ortho nitro benzene ring substituents is 1. The minimum absolute atomic E-state index is 0.0562. The van der Waals surface area contributed by atoms with E-state index < -0.39 is 14.9 Å². The molecule has 2 fully saturated rings. The first-order chi connectivity index (χ1) is 13.0. The van der Waals surface area contributed by atoms with Gasteiger partial charge in [0.25, 0.3) is 5.69 Å². The van der Waals surface area contributed by atoms with Crippen molar-refractivity contribution >= 4 is 32.7 Å². The average molecular weight is 408 g/mol. The van der Waals surface area contributed by atoms with Crippen LogP contribution in [-0.2, 0) is 10.0 Å². The zero-order valence-corrected chi connectivity index (χ0v) is 16.4. The van der Waals surface area contributed by atoms with Crippen molar-refractivity contribution in [2.24, 2.45) is 0 Å². The highest BCUT2D eigenvalue weighted by molar-refractivity contribution is 7.89. The lowest BCUT2D eigenvalue weighted by Gasteiger charge is -2.29. The van der Waals surface area contributed by atoms with Gasteiger partial charge in [0.15, 0.2) is 0 Å². The van der Waals surface area contributed by atoms with Gasteiger partial charge in [0.05, 0.1) is 16.7 Å². The van der Waals surface area contributed by atoms with Gasteiger partial charge < -0.3 is 4.90 Å². The van der Waals surface area contributed by atoms with Crippen molar-refractivity contribution in [1.29, 1.82) is 0 Å². The van der Waals surface area contributed by atoms with E-state index in [0.29, 0.717) is 18.8 Å². The van der Waals surface area contributed by atoms with Crippen molar-refractivity contribution in [1.82, 2.24) is 4.31 Å². The first-order valence-corrected chi connectivity index (χ1v) is 11.4. The van der Waals surface area contributed by atoms with Crippen LogP contribution in [0.2, 0.25) is 0 Å². The fourth-order valence-electron chi connectivity index (χ4n) is 3.99. The summed E-state index contributed by atoms with van der Waals surface area (Å²) in [5.41, 5.74) is 1.55. The summed E-state index contributed by atoms with van der Waals surface area (Å²) in [7, 11) is -3.77. The second kappa shape index (κ2) is 7.21. The molecule has 7 nitrogen and oxygen atoms in total. The van der Waals surface area contributed by atoms with Crippen LogP contribution in [0.3, 0.4) is 0 Å². The highest BCUT2D eigenvalue weighted by Gasteiger charge is 2.35. The Bertz CT molecular complexity index is 938. The Balaban J connectivity index is 1.81. The monoisotopic (exact) mass is 407 g/mol. The Morgan fingerprint density at radius 1 is 1.11 bits per heavy atom. The predicted molar refractivity (Wildman–Crippen MR) is 105 cm³/mol. The molecule has 0 amide bonds. The van der Waals surface area contributed by atoms with Gasteiger partial charge >= 0.3 is 0 Å². The average Bonchev–Trinajstić information content (AvgIpc) is 3.43. The summed E-state index contributed by atoms with van der Waals surface area (Å²) in [5.74, 6) is 0. The van der Waals surface area contributed by atoms with E-state index in [-0.39, 0.29) is 16.6 Å². The molecule has 1 atom stereocenters. The van der Waals surface area contributed by atoms with Crippen LogP contribution in [-0.4, -0.2) is 37.3 Å². The number of hydrogen-bond donors (Lipinski definition) is 0. The van der Waals surface area contributed by atoms with Crippen LogP contribution in [0.4, 0.5) is 11.4 Å². The molecular weight excluding hydrogens is 386 g/mol. The molecular formula is C18H21N3O4S2. The van der Waals surface area contributed by atoms with Crippen LogP contribution in [0.1, 0.15) is 37.3 Å². The van der Waals surface area contributed by atoms with Gasteiger partial charge in [-0.15, -0.1) is 0 Å². The first-order valence-electron chi connectivity index (χ1n) is 9.06. The lowest BCUT2D eigenvalue weighted by Crippen LogP contribution is -2.31. The first kappa shape index (κ1) is 18.4. The Kier molecular flexibility index (Phi) is 4.92. The molecule has 0 bridgehead atoms. The Morgan fingerprint density at radius 2 is 1.89 bits per heavy atom. The SMILES string of the molecule is O=[N+]([O-])c1ccc(N2CCC[C@H]2c2ccsc2)c(S(=O)(=O)N2CCCC2)c1. The number of benzene rings is 1. The molecule has 0 N–H and O–H groups in total. The third kappa shape index (κ3) is 3.35. The molecule has 0 radical (unpaired) electrons. The number of anilines is 1. The highest BCUT2D eigenvalue weighted by Crippen LogP contribution is 2.41. The van der Waals surface area contributed by atoms with E-state index in [4.69, 9.17) is 0 Å². The van der Waals surface area contributed by atoms with Gasteiger partial charge in [0.1, 0.15) is 4.90 Å². The van der Waals surface area contributed by atoms with E-state index >= 15 is 0 Å². The van der Waals surface area contributed by atoms with Gasteiger partial charge in [-0.2, -0.15) is 15.6 Å². The van der Waals surface area contributed by atoms with Crippen LogP contribution in [0.15, 0.2) is 39.9 Å². The Labute approximate surface area is 162 Å². The fraction of sp³-hybridized carbons (Fsp3) is 0.444. The number of hydrogen-bond acceptors (Lipinski definition) is 6. The van der Waals surface area contributed by atoms with Crippen LogP contribution in [0.25, 0.3) is 0 Å². The van der Waals surface area contributed by atoms with Crippen molar-refractivity contribution in [3.8, 4) is 0 Å². The molecule has 1 aromatic heterocycles. The van der Waals surface area contributed by atoms with Crippen LogP contribution < -0.4 is 4.90 Å². The van der Waals surface area contributed by atoms with Gasteiger partial charge in [0.2, 0.25) is 10.0 Å². The number of nitro benzene ring substituents is 1. The molecule has 0 unspecified atom stereocenters. The summed E-state index contributed by atoms with van der Waals surface area (Å²) in [4.78, 5) is 12.9. The van der Waals surface area contributed by atoms with E-state index in [1.165, 1.54) is 22.0 Å². The summed E-state index contributed by atoms with van der Waals surface area (Å²) in [6.07, 6.45) is 3.55. The molecule has 1 aromatic carbocycles. The normalized spacial score (nSPS) is 21.0. The van der Waals surface area contributed by atoms with Gasteiger partial charge in [-0.05, 0) is 54.1 Å². The lowest BCUT2D eigenvalue weighted by atomic mass is 10.1. The van der Waals surface area contributed by atoms with E-state index in [9.17, 15) is 18.5 Å². The molecule has 0 saturated carbocycles. The molecule has 2 saturated heterocycles. The number of nitrogens with zero attached hydrogens (tertiary/aromatic N) is 3. The van der Waals surface area contributed by atoms with Crippen molar-refractivity contribution in [3.05, 3.63) is 50.7 Å². The standard InChI is InChI=1S/C18H21N3O4S2/c22-21(23)15-5-6-17(18(12-15)27(24,25)19-8-1-2-9-19)20-10-3-4-16(20)14-7-11-26-13-14/h5-7,11-13,16H,1-4,8-10H2/t16-/m0/s1.